The molecule has 0 aliphatic rings. The summed E-state index contributed by atoms with van der Waals surface area (Å²) in [7, 11) is 0. The Morgan fingerprint density at radius 3 is 2.41 bits per heavy atom. The molecule has 0 aliphatic heterocycles. The van der Waals surface area contributed by atoms with E-state index in [0.29, 0.717) is 23.7 Å². The molecule has 0 saturated carbocycles. The van der Waals surface area contributed by atoms with Crippen LogP contribution < -0.4 is 4.74 Å². The number of carbonyl (C=O) groups excluding carboxylic acids is 1. The van der Waals surface area contributed by atoms with Gasteiger partial charge >= 0.3 is 5.97 Å². The van der Waals surface area contributed by atoms with Gasteiger partial charge in [-0.2, -0.15) is 0 Å². The topological polar surface area (TPSA) is 84.4 Å². The van der Waals surface area contributed by atoms with Crippen molar-refractivity contribution in [3.63, 3.8) is 0 Å². The molecule has 2 N–H and O–H groups in total. The molecule has 7 heteroatoms. The summed E-state index contributed by atoms with van der Waals surface area (Å²) in [6.07, 6.45) is 5.95. The van der Waals surface area contributed by atoms with Crippen LogP contribution in [0.5, 0.6) is 5.75 Å². The minimum absolute atomic E-state index is 0.141. The highest BCUT2D eigenvalue weighted by Gasteiger charge is 2.14. The maximum atomic E-state index is 12.0. The van der Waals surface area contributed by atoms with Crippen molar-refractivity contribution in [2.45, 2.75) is 45.4 Å². The lowest BCUT2D eigenvalue weighted by Gasteiger charge is -2.12. The van der Waals surface area contributed by atoms with Crippen molar-refractivity contribution in [1.29, 1.82) is 0 Å². The molecule has 0 aliphatic carbocycles. The van der Waals surface area contributed by atoms with Crippen LogP contribution in [0, 0.1) is 5.92 Å². The van der Waals surface area contributed by atoms with Gasteiger partial charge in [-0.1, -0.05) is 74.2 Å². The van der Waals surface area contributed by atoms with Crippen molar-refractivity contribution in [1.82, 2.24) is 9.97 Å². The Bertz CT molecular complexity index is 1110. The summed E-state index contributed by atoms with van der Waals surface area (Å²) in [4.78, 5) is 20.1. The molecule has 0 bridgehead atoms. The largest absolute Gasteiger partial charge is 0.491 e. The van der Waals surface area contributed by atoms with Gasteiger partial charge in [0.2, 0.25) is 0 Å². The third-order valence-electron chi connectivity index (χ3n) is 4.85. The number of rotatable bonds is 12. The van der Waals surface area contributed by atoms with Crippen LogP contribution in [0.2, 0.25) is 0 Å². The van der Waals surface area contributed by atoms with Gasteiger partial charge < -0.3 is 19.6 Å². The number of esters is 1. The predicted octanol–water partition coefficient (Wildman–Crippen LogP) is 6.73. The molecular weight excluding hydrogens is 484 g/mol. The molecule has 0 saturated heterocycles. The fourth-order valence-electron chi connectivity index (χ4n) is 3.10. The molecule has 2 aromatic carbocycles. The molecule has 0 spiro atoms. The van der Waals surface area contributed by atoms with Crippen LogP contribution in [0.1, 0.15) is 43.7 Å². The number of carbonyl (C=O) groups is 1. The minimum Gasteiger partial charge on any atom is -0.491 e. The number of nitrogens with one attached hydrogen (secondary N) is 1. The van der Waals surface area contributed by atoms with E-state index < -0.39 is 6.10 Å². The molecule has 37 heavy (non-hydrogen) atoms. The maximum Gasteiger partial charge on any atom is 0.338 e. The second-order valence-corrected chi connectivity index (χ2v) is 9.72. The summed E-state index contributed by atoms with van der Waals surface area (Å²) in [5.74, 6) is 0.961. The molecule has 3 rings (SSSR count). The molecule has 1 atom stereocenters. The van der Waals surface area contributed by atoms with Crippen LogP contribution in [-0.2, 0) is 11.2 Å². The van der Waals surface area contributed by atoms with E-state index in [1.165, 1.54) is 11.8 Å². The van der Waals surface area contributed by atoms with Gasteiger partial charge in [0.15, 0.2) is 5.16 Å². The Morgan fingerprint density at radius 2 is 1.78 bits per heavy atom. The third kappa shape index (κ3) is 10.7. The zero-order valence-electron chi connectivity index (χ0n) is 22.1. The summed E-state index contributed by atoms with van der Waals surface area (Å²) < 4.78 is 10.9. The number of benzene rings is 2. The summed E-state index contributed by atoms with van der Waals surface area (Å²) >= 11 is 1.46. The van der Waals surface area contributed by atoms with E-state index in [0.717, 1.165) is 28.5 Å². The maximum absolute atomic E-state index is 12.0. The predicted molar refractivity (Wildman–Crippen MR) is 152 cm³/mol. The fourth-order valence-corrected chi connectivity index (χ4v) is 3.90. The fraction of sp³-hybridized carbons (Fsp3) is 0.333. The monoisotopic (exact) mass is 522 g/mol. The third-order valence-corrected chi connectivity index (χ3v) is 5.87. The number of H-pyrrole nitrogens is 1. The van der Waals surface area contributed by atoms with Crippen LogP contribution in [0.25, 0.3) is 11.3 Å². The van der Waals surface area contributed by atoms with Gasteiger partial charge in [-0.3, -0.25) is 0 Å². The van der Waals surface area contributed by atoms with Gasteiger partial charge in [-0.25, -0.2) is 9.78 Å². The van der Waals surface area contributed by atoms with Crippen LogP contribution in [-0.4, -0.2) is 46.1 Å². The lowest BCUT2D eigenvalue weighted by molar-refractivity contribution is 0.0459. The lowest BCUT2D eigenvalue weighted by Crippen LogP contribution is -2.20. The van der Waals surface area contributed by atoms with Crippen molar-refractivity contribution in [2.24, 2.45) is 5.92 Å². The van der Waals surface area contributed by atoms with E-state index in [9.17, 15) is 9.90 Å². The number of hydrogen-bond acceptors (Lipinski definition) is 6. The van der Waals surface area contributed by atoms with Gasteiger partial charge in [0.25, 0.3) is 0 Å². The molecule has 3 aromatic rings. The first-order valence-corrected chi connectivity index (χ1v) is 13.4. The van der Waals surface area contributed by atoms with Gasteiger partial charge in [0.1, 0.15) is 12.4 Å². The highest BCUT2D eigenvalue weighted by molar-refractivity contribution is 7.99. The first-order valence-electron chi connectivity index (χ1n) is 12.4. The molecule has 1 heterocycles. The van der Waals surface area contributed by atoms with E-state index in [-0.39, 0.29) is 18.5 Å². The molecule has 0 amide bonds. The van der Waals surface area contributed by atoms with Crippen molar-refractivity contribution >= 4 is 17.7 Å². The molecule has 0 radical (unpaired) electrons. The lowest BCUT2D eigenvalue weighted by atomic mass is 10.1. The van der Waals surface area contributed by atoms with Crippen molar-refractivity contribution < 1.29 is 19.4 Å². The summed E-state index contributed by atoms with van der Waals surface area (Å²) in [6.45, 7) is 11.8. The summed E-state index contributed by atoms with van der Waals surface area (Å²) in [6, 6.07) is 16.8. The van der Waals surface area contributed by atoms with E-state index in [1.54, 1.807) is 30.3 Å². The molecule has 1 unspecified atom stereocenters. The highest BCUT2D eigenvalue weighted by Crippen LogP contribution is 2.26. The number of aromatic amines is 1. The first kappa shape index (κ1) is 29.9. The standard InChI is InChI=1S/C27H32N2O4S.C3H6/c1-4-5-11-24-25(20-9-7-6-8-10-20)29-27(28-24)34-18-22(30)17-32-23-14-12-21(13-15-23)26(31)33-16-19(2)3;1-3-2/h4-10,12-15,19,22,30H,11,16-18H2,1-3H3,(H,28,29);3H,1H2,2H3/b5-4-;. The Hall–Kier alpha value is -3.29. The Balaban J connectivity index is 0.00000153. The second-order valence-electron chi connectivity index (χ2n) is 8.71. The van der Waals surface area contributed by atoms with Gasteiger partial charge in [0, 0.05) is 23.4 Å². The number of aliphatic hydroxyl groups excluding tert-OH is 1. The average molecular weight is 523 g/mol. The number of nitrogens with zero attached hydrogens (tertiary/aromatic N) is 1. The molecule has 1 aromatic heterocycles. The van der Waals surface area contributed by atoms with Crippen molar-refractivity contribution in [2.75, 3.05) is 19.0 Å². The minimum atomic E-state index is -0.676. The van der Waals surface area contributed by atoms with Gasteiger partial charge in [0.05, 0.1) is 24.0 Å². The number of allylic oxidation sites excluding steroid dienone is 3. The van der Waals surface area contributed by atoms with Gasteiger partial charge in [-0.15, -0.1) is 6.58 Å². The SMILES string of the molecule is C/C=C\Cc1[nH]c(SCC(O)COc2ccc(C(=O)OCC(C)C)cc2)nc1-c1ccccc1.C=CC. The van der Waals surface area contributed by atoms with Crippen LogP contribution in [0.15, 0.2) is 84.6 Å². The number of hydrogen-bond donors (Lipinski definition) is 2. The van der Waals surface area contributed by atoms with Crippen molar-refractivity contribution in [3.05, 3.63) is 90.7 Å². The number of imidazole rings is 1. The number of aromatic nitrogens is 2. The molecule has 198 valence electrons. The van der Waals surface area contributed by atoms with E-state index >= 15 is 0 Å². The second kappa shape index (κ2) is 16.5. The van der Waals surface area contributed by atoms with E-state index in [2.05, 4.69) is 17.6 Å². The van der Waals surface area contributed by atoms with Crippen LogP contribution in [0.4, 0.5) is 0 Å². The summed E-state index contributed by atoms with van der Waals surface area (Å²) in [5.41, 5.74) is 3.51. The zero-order chi connectivity index (χ0) is 27.0. The average Bonchev–Trinajstić information content (AvgIpc) is 3.32. The number of thioether (sulfide) groups is 1. The molecule has 6 nitrogen and oxygen atoms in total. The molecular formula is C30H38N2O4S. The van der Waals surface area contributed by atoms with Gasteiger partial charge in [-0.05, 0) is 44.0 Å². The van der Waals surface area contributed by atoms with E-state index in [1.807, 2.05) is 64.1 Å². The molecule has 0 fully saturated rings. The quantitative estimate of drug-likeness (QED) is 0.156. The Labute approximate surface area is 224 Å². The van der Waals surface area contributed by atoms with Crippen molar-refractivity contribution in [3.8, 4) is 17.0 Å². The highest BCUT2D eigenvalue weighted by atomic mass is 32.2. The summed E-state index contributed by atoms with van der Waals surface area (Å²) in [5, 5.41) is 11.2. The van der Waals surface area contributed by atoms with E-state index in [4.69, 9.17) is 14.5 Å². The number of ether oxygens (including phenoxy) is 2. The zero-order valence-corrected chi connectivity index (χ0v) is 23.0. The Kier molecular flexibility index (Phi) is 13.3. The van der Waals surface area contributed by atoms with Crippen LogP contribution >= 0.6 is 11.8 Å². The number of aliphatic hydroxyl groups is 1. The Morgan fingerprint density at radius 1 is 1.11 bits per heavy atom. The van der Waals surface area contributed by atoms with Crippen LogP contribution in [0.3, 0.4) is 0 Å². The smallest absolute Gasteiger partial charge is 0.338 e. The normalized spacial score (nSPS) is 11.6. The first-order chi connectivity index (χ1) is 17.9.